The molecule has 0 aromatic heterocycles. The molecule has 128 valence electrons. The SMILES string of the molecule is Cc1ccc(C(=O)NCCS(=O)(=O)NCc2ccccc2)cc1F. The number of halogens is 1. The van der Waals surface area contributed by atoms with Gasteiger partial charge in [-0.2, -0.15) is 0 Å². The van der Waals surface area contributed by atoms with Gasteiger partial charge in [0.25, 0.3) is 5.91 Å². The lowest BCUT2D eigenvalue weighted by atomic mass is 10.1. The monoisotopic (exact) mass is 350 g/mol. The van der Waals surface area contributed by atoms with Crippen molar-refractivity contribution in [1.29, 1.82) is 0 Å². The molecule has 0 saturated heterocycles. The van der Waals surface area contributed by atoms with Crippen LogP contribution in [0.2, 0.25) is 0 Å². The Morgan fingerprint density at radius 2 is 1.83 bits per heavy atom. The number of rotatable bonds is 7. The molecule has 7 heteroatoms. The minimum Gasteiger partial charge on any atom is -0.351 e. The summed E-state index contributed by atoms with van der Waals surface area (Å²) in [6.07, 6.45) is 0. The minimum absolute atomic E-state index is 0.0571. The molecule has 0 atom stereocenters. The Hall–Kier alpha value is -2.25. The summed E-state index contributed by atoms with van der Waals surface area (Å²) in [7, 11) is -3.51. The number of hydrogen-bond donors (Lipinski definition) is 2. The lowest BCUT2D eigenvalue weighted by molar-refractivity contribution is 0.0955. The molecule has 2 aromatic rings. The van der Waals surface area contributed by atoms with Crippen LogP contribution in [0.4, 0.5) is 4.39 Å². The number of benzene rings is 2. The zero-order valence-electron chi connectivity index (χ0n) is 13.3. The van der Waals surface area contributed by atoms with Crippen molar-refractivity contribution in [2.45, 2.75) is 13.5 Å². The van der Waals surface area contributed by atoms with Crippen molar-refractivity contribution in [1.82, 2.24) is 10.0 Å². The van der Waals surface area contributed by atoms with Crippen LogP contribution in [0, 0.1) is 12.7 Å². The number of sulfonamides is 1. The smallest absolute Gasteiger partial charge is 0.251 e. The molecular weight excluding hydrogens is 331 g/mol. The first kappa shape index (κ1) is 18.1. The van der Waals surface area contributed by atoms with Crippen molar-refractivity contribution >= 4 is 15.9 Å². The number of nitrogens with one attached hydrogen (secondary N) is 2. The fraction of sp³-hybridized carbons (Fsp3) is 0.235. The normalized spacial score (nSPS) is 11.2. The third-order valence-electron chi connectivity index (χ3n) is 3.43. The summed E-state index contributed by atoms with van der Waals surface area (Å²) in [5.41, 5.74) is 1.45. The van der Waals surface area contributed by atoms with Gasteiger partial charge in [0.2, 0.25) is 10.0 Å². The lowest BCUT2D eigenvalue weighted by Crippen LogP contribution is -2.34. The van der Waals surface area contributed by atoms with Gasteiger partial charge in [-0.15, -0.1) is 0 Å². The van der Waals surface area contributed by atoms with Crippen molar-refractivity contribution in [3.05, 3.63) is 71.0 Å². The van der Waals surface area contributed by atoms with Crippen molar-refractivity contribution in [2.75, 3.05) is 12.3 Å². The number of amides is 1. The molecule has 2 N–H and O–H groups in total. The molecule has 2 rings (SSSR count). The van der Waals surface area contributed by atoms with E-state index < -0.39 is 21.7 Å². The molecule has 0 bridgehead atoms. The first-order chi connectivity index (χ1) is 11.4. The molecule has 0 aliphatic carbocycles. The van der Waals surface area contributed by atoms with E-state index in [-0.39, 0.29) is 24.4 Å². The zero-order chi connectivity index (χ0) is 17.6. The number of hydrogen-bond acceptors (Lipinski definition) is 3. The largest absolute Gasteiger partial charge is 0.351 e. The van der Waals surface area contributed by atoms with E-state index >= 15 is 0 Å². The Morgan fingerprint density at radius 3 is 2.50 bits per heavy atom. The Balaban J connectivity index is 1.81. The van der Waals surface area contributed by atoms with E-state index in [0.29, 0.717) is 5.56 Å². The van der Waals surface area contributed by atoms with E-state index in [1.807, 2.05) is 30.3 Å². The third kappa shape index (κ3) is 5.43. The van der Waals surface area contributed by atoms with Gasteiger partial charge >= 0.3 is 0 Å². The van der Waals surface area contributed by atoms with Crippen LogP contribution in [0.25, 0.3) is 0 Å². The second-order valence-electron chi connectivity index (χ2n) is 5.35. The van der Waals surface area contributed by atoms with Crippen LogP contribution < -0.4 is 10.0 Å². The molecule has 1 amide bonds. The standard InChI is InChI=1S/C17H19FN2O3S/c1-13-7-8-15(11-16(13)18)17(21)19-9-10-24(22,23)20-12-14-5-3-2-4-6-14/h2-8,11,20H,9-10,12H2,1H3,(H,19,21). The highest BCUT2D eigenvalue weighted by Crippen LogP contribution is 2.08. The summed E-state index contributed by atoms with van der Waals surface area (Å²) in [6, 6.07) is 13.3. The van der Waals surface area contributed by atoms with Crippen molar-refractivity contribution in [3.63, 3.8) is 0 Å². The van der Waals surface area contributed by atoms with Gasteiger partial charge < -0.3 is 5.32 Å². The van der Waals surface area contributed by atoms with Crippen LogP contribution in [0.5, 0.6) is 0 Å². The molecule has 0 fully saturated rings. The lowest BCUT2D eigenvalue weighted by Gasteiger charge is -2.08. The average Bonchev–Trinajstić information content (AvgIpc) is 2.56. The zero-order valence-corrected chi connectivity index (χ0v) is 14.1. The van der Waals surface area contributed by atoms with Crippen molar-refractivity contribution in [2.24, 2.45) is 0 Å². The van der Waals surface area contributed by atoms with Gasteiger partial charge in [-0.1, -0.05) is 36.4 Å². The summed E-state index contributed by atoms with van der Waals surface area (Å²) < 4.78 is 39.7. The van der Waals surface area contributed by atoms with Gasteiger partial charge in [-0.25, -0.2) is 17.5 Å². The molecule has 0 saturated carbocycles. The first-order valence-corrected chi connectivity index (χ1v) is 9.08. The van der Waals surface area contributed by atoms with E-state index in [2.05, 4.69) is 10.0 Å². The van der Waals surface area contributed by atoms with Crippen LogP contribution in [0.1, 0.15) is 21.5 Å². The summed E-state index contributed by atoms with van der Waals surface area (Å²) >= 11 is 0. The second-order valence-corrected chi connectivity index (χ2v) is 7.27. The minimum atomic E-state index is -3.51. The molecule has 5 nitrogen and oxygen atoms in total. The summed E-state index contributed by atoms with van der Waals surface area (Å²) in [5, 5.41) is 2.48. The molecule has 24 heavy (non-hydrogen) atoms. The van der Waals surface area contributed by atoms with E-state index in [4.69, 9.17) is 0 Å². The Bertz CT molecular complexity index is 808. The van der Waals surface area contributed by atoms with Gasteiger partial charge in [-0.3, -0.25) is 4.79 Å². The first-order valence-electron chi connectivity index (χ1n) is 7.43. The third-order valence-corrected chi connectivity index (χ3v) is 4.76. The highest BCUT2D eigenvalue weighted by Gasteiger charge is 2.12. The maximum Gasteiger partial charge on any atom is 0.251 e. The van der Waals surface area contributed by atoms with Crippen LogP contribution in [0.15, 0.2) is 48.5 Å². The molecule has 0 aliphatic rings. The highest BCUT2D eigenvalue weighted by atomic mass is 32.2. The number of aryl methyl sites for hydroxylation is 1. The van der Waals surface area contributed by atoms with E-state index in [1.54, 1.807) is 6.92 Å². The van der Waals surface area contributed by atoms with Crippen LogP contribution in [-0.4, -0.2) is 26.6 Å². The van der Waals surface area contributed by atoms with Gasteiger partial charge in [0.1, 0.15) is 5.82 Å². The maximum atomic E-state index is 13.4. The summed E-state index contributed by atoms with van der Waals surface area (Å²) in [6.45, 7) is 1.74. The summed E-state index contributed by atoms with van der Waals surface area (Å²) in [4.78, 5) is 11.9. The Labute approximate surface area is 141 Å². The highest BCUT2D eigenvalue weighted by molar-refractivity contribution is 7.89. The predicted molar refractivity (Wildman–Crippen MR) is 90.5 cm³/mol. The van der Waals surface area contributed by atoms with Crippen LogP contribution >= 0.6 is 0 Å². The van der Waals surface area contributed by atoms with Gasteiger partial charge in [0, 0.05) is 18.7 Å². The summed E-state index contributed by atoms with van der Waals surface area (Å²) in [5.74, 6) is -1.23. The molecule has 0 radical (unpaired) electrons. The molecule has 0 heterocycles. The van der Waals surface area contributed by atoms with Gasteiger partial charge in [-0.05, 0) is 30.2 Å². The second kappa shape index (κ2) is 8.03. The molecular formula is C17H19FN2O3S. The van der Waals surface area contributed by atoms with E-state index in [0.717, 1.165) is 11.6 Å². The van der Waals surface area contributed by atoms with E-state index in [1.165, 1.54) is 12.1 Å². The fourth-order valence-electron chi connectivity index (χ4n) is 2.00. The number of carbonyl (C=O) groups is 1. The molecule has 0 aliphatic heterocycles. The molecule has 0 unspecified atom stereocenters. The topological polar surface area (TPSA) is 75.3 Å². The van der Waals surface area contributed by atoms with Gasteiger partial charge in [0.05, 0.1) is 5.75 Å². The molecule has 2 aromatic carbocycles. The van der Waals surface area contributed by atoms with Crippen molar-refractivity contribution < 1.29 is 17.6 Å². The average molecular weight is 350 g/mol. The Morgan fingerprint density at radius 1 is 1.12 bits per heavy atom. The van der Waals surface area contributed by atoms with Crippen LogP contribution in [0.3, 0.4) is 0 Å². The predicted octanol–water partition coefficient (Wildman–Crippen LogP) is 1.98. The quantitative estimate of drug-likeness (QED) is 0.802. The van der Waals surface area contributed by atoms with Gasteiger partial charge in [0.15, 0.2) is 0 Å². The van der Waals surface area contributed by atoms with Crippen LogP contribution in [-0.2, 0) is 16.6 Å². The molecule has 0 spiro atoms. The maximum absolute atomic E-state index is 13.4. The Kier molecular flexibility index (Phi) is 6.05. The fourth-order valence-corrected chi connectivity index (χ4v) is 2.90. The number of carbonyl (C=O) groups excluding carboxylic acids is 1. The van der Waals surface area contributed by atoms with E-state index in [9.17, 15) is 17.6 Å². The van der Waals surface area contributed by atoms with Crippen molar-refractivity contribution in [3.8, 4) is 0 Å².